The van der Waals surface area contributed by atoms with Crippen LogP contribution in [0.5, 0.6) is 0 Å². The summed E-state index contributed by atoms with van der Waals surface area (Å²) in [6.07, 6.45) is 0.914. The molecule has 1 unspecified atom stereocenters. The zero-order valence-electron chi connectivity index (χ0n) is 6.99. The number of nitrogens with zero attached hydrogens (tertiary/aromatic N) is 1. The number of rotatable bonds is 2. The molecule has 0 amide bonds. The maximum Gasteiger partial charge on any atom is 0.295 e. The third kappa shape index (κ3) is 1.35. The van der Waals surface area contributed by atoms with Crippen LogP contribution < -0.4 is 0 Å². The van der Waals surface area contributed by atoms with Crippen molar-refractivity contribution < 1.29 is 13.2 Å². The average Bonchev–Trinajstić information content (AvgIpc) is 2.02. The summed E-state index contributed by atoms with van der Waals surface area (Å²) in [5.41, 5.74) is -2.41. The van der Waals surface area contributed by atoms with E-state index in [9.17, 15) is 13.2 Å². The van der Waals surface area contributed by atoms with Gasteiger partial charge in [0, 0.05) is 13.0 Å². The molecule has 1 atom stereocenters. The second kappa shape index (κ2) is 2.76. The van der Waals surface area contributed by atoms with Gasteiger partial charge in [-0.1, -0.05) is 6.08 Å². The third-order valence-electron chi connectivity index (χ3n) is 2.11. The minimum absolute atomic E-state index is 0.216. The van der Waals surface area contributed by atoms with Crippen LogP contribution in [0.25, 0.3) is 0 Å². The minimum atomic E-state index is -3.24. The molecular formula is C8H12F3N. The number of halogens is 3. The molecule has 0 aromatic carbocycles. The SMILES string of the molecule is C=CCC1(F)CN(C)CC1(F)F. The Morgan fingerprint density at radius 3 is 2.33 bits per heavy atom. The van der Waals surface area contributed by atoms with Gasteiger partial charge in [0.1, 0.15) is 0 Å². The Morgan fingerprint density at radius 2 is 2.00 bits per heavy atom. The van der Waals surface area contributed by atoms with Crippen LogP contribution in [-0.4, -0.2) is 36.6 Å². The van der Waals surface area contributed by atoms with Crippen LogP contribution in [0, 0.1) is 0 Å². The van der Waals surface area contributed by atoms with Crippen LogP contribution in [0.15, 0.2) is 12.7 Å². The maximum atomic E-state index is 13.5. The molecule has 4 heteroatoms. The van der Waals surface area contributed by atoms with E-state index in [1.165, 1.54) is 18.0 Å². The maximum absolute atomic E-state index is 13.5. The Balaban J connectivity index is 2.81. The fraction of sp³-hybridized carbons (Fsp3) is 0.750. The van der Waals surface area contributed by atoms with Crippen molar-refractivity contribution in [1.29, 1.82) is 0 Å². The van der Waals surface area contributed by atoms with Gasteiger partial charge in [-0.3, -0.25) is 4.90 Å². The Bertz CT molecular complexity index is 193. The zero-order valence-corrected chi connectivity index (χ0v) is 6.99. The average molecular weight is 179 g/mol. The van der Waals surface area contributed by atoms with E-state index >= 15 is 0 Å². The summed E-state index contributed by atoms with van der Waals surface area (Å²) in [4.78, 5) is 1.30. The topological polar surface area (TPSA) is 3.24 Å². The van der Waals surface area contributed by atoms with Gasteiger partial charge in [-0.05, 0) is 7.05 Å². The summed E-state index contributed by atoms with van der Waals surface area (Å²) in [5, 5.41) is 0. The van der Waals surface area contributed by atoms with Gasteiger partial charge >= 0.3 is 0 Å². The number of hydrogen-bond donors (Lipinski definition) is 0. The molecule has 0 bridgehead atoms. The van der Waals surface area contributed by atoms with Crippen molar-refractivity contribution in [2.45, 2.75) is 18.0 Å². The van der Waals surface area contributed by atoms with Gasteiger partial charge < -0.3 is 0 Å². The van der Waals surface area contributed by atoms with Crippen LogP contribution in [0.4, 0.5) is 13.2 Å². The molecule has 70 valence electrons. The molecule has 0 radical (unpaired) electrons. The van der Waals surface area contributed by atoms with Crippen LogP contribution in [0.3, 0.4) is 0 Å². The van der Waals surface area contributed by atoms with Crippen LogP contribution >= 0.6 is 0 Å². The number of hydrogen-bond acceptors (Lipinski definition) is 1. The summed E-state index contributed by atoms with van der Waals surface area (Å²) in [5.74, 6) is -3.24. The molecule has 0 aromatic heterocycles. The molecule has 1 nitrogen and oxygen atoms in total. The van der Waals surface area contributed by atoms with E-state index in [2.05, 4.69) is 6.58 Å². The highest BCUT2D eigenvalue weighted by Crippen LogP contribution is 2.41. The first-order valence-electron chi connectivity index (χ1n) is 3.77. The van der Waals surface area contributed by atoms with Crippen LogP contribution in [-0.2, 0) is 0 Å². The molecule has 0 spiro atoms. The second-order valence-electron chi connectivity index (χ2n) is 3.33. The minimum Gasteiger partial charge on any atom is -0.297 e. The van der Waals surface area contributed by atoms with Crippen molar-refractivity contribution in [1.82, 2.24) is 4.90 Å². The van der Waals surface area contributed by atoms with Crippen molar-refractivity contribution in [3.63, 3.8) is 0 Å². The standard InChI is InChI=1S/C8H12F3N/c1-3-4-7(9)5-12(2)6-8(7,10)11/h3H,1,4-6H2,2H3. The van der Waals surface area contributed by atoms with Crippen LogP contribution in [0.2, 0.25) is 0 Å². The molecule has 1 aliphatic heterocycles. The first-order valence-corrected chi connectivity index (χ1v) is 3.77. The van der Waals surface area contributed by atoms with Crippen molar-refractivity contribution in [2.24, 2.45) is 0 Å². The predicted molar refractivity (Wildman–Crippen MR) is 41.1 cm³/mol. The Hall–Kier alpha value is -0.510. The van der Waals surface area contributed by atoms with Gasteiger partial charge in [-0.15, -0.1) is 6.58 Å². The number of alkyl halides is 3. The molecule has 0 aromatic rings. The Morgan fingerprint density at radius 1 is 1.42 bits per heavy atom. The predicted octanol–water partition coefficient (Wildman–Crippen LogP) is 1.85. The highest BCUT2D eigenvalue weighted by atomic mass is 19.3. The fourth-order valence-corrected chi connectivity index (χ4v) is 1.52. The Labute approximate surface area is 69.9 Å². The van der Waals surface area contributed by atoms with E-state index in [-0.39, 0.29) is 13.0 Å². The molecule has 1 aliphatic rings. The monoisotopic (exact) mass is 179 g/mol. The summed E-state index contributed by atoms with van der Waals surface area (Å²) in [6.45, 7) is 2.55. The van der Waals surface area contributed by atoms with Crippen molar-refractivity contribution in [2.75, 3.05) is 20.1 Å². The largest absolute Gasteiger partial charge is 0.297 e. The summed E-state index contributed by atoms with van der Waals surface area (Å²) >= 11 is 0. The summed E-state index contributed by atoms with van der Waals surface area (Å²) < 4.78 is 39.4. The fourth-order valence-electron chi connectivity index (χ4n) is 1.52. The molecule has 1 fully saturated rings. The number of likely N-dealkylation sites (tertiary alicyclic amines) is 1. The normalized spacial score (nSPS) is 35.3. The van der Waals surface area contributed by atoms with E-state index in [0.29, 0.717) is 0 Å². The summed E-state index contributed by atoms with van der Waals surface area (Å²) in [7, 11) is 1.48. The lowest BCUT2D eigenvalue weighted by atomic mass is 9.97. The second-order valence-corrected chi connectivity index (χ2v) is 3.33. The number of allylic oxidation sites excluding steroid dienone is 1. The quantitative estimate of drug-likeness (QED) is 0.585. The molecule has 12 heavy (non-hydrogen) atoms. The lowest BCUT2D eigenvalue weighted by molar-refractivity contribution is -0.0987. The van der Waals surface area contributed by atoms with Gasteiger partial charge in [-0.2, -0.15) is 0 Å². The molecule has 1 rings (SSSR count). The van der Waals surface area contributed by atoms with Gasteiger partial charge in [0.25, 0.3) is 5.92 Å². The smallest absolute Gasteiger partial charge is 0.295 e. The first-order chi connectivity index (χ1) is 5.41. The molecule has 0 saturated carbocycles. The van der Waals surface area contributed by atoms with E-state index in [1.54, 1.807) is 0 Å². The van der Waals surface area contributed by atoms with Crippen molar-refractivity contribution in [3.8, 4) is 0 Å². The van der Waals surface area contributed by atoms with Gasteiger partial charge in [0.2, 0.25) is 0 Å². The zero-order chi connectivity index (χ0) is 9.41. The third-order valence-corrected chi connectivity index (χ3v) is 2.11. The highest BCUT2D eigenvalue weighted by molar-refractivity contribution is 5.05. The van der Waals surface area contributed by atoms with Gasteiger partial charge in [0.05, 0.1) is 6.54 Å². The molecule has 1 saturated heterocycles. The van der Waals surface area contributed by atoms with E-state index < -0.39 is 18.1 Å². The van der Waals surface area contributed by atoms with Crippen LogP contribution in [0.1, 0.15) is 6.42 Å². The lowest BCUT2D eigenvalue weighted by Crippen LogP contribution is -2.42. The first kappa shape index (κ1) is 9.58. The summed E-state index contributed by atoms with van der Waals surface area (Å²) in [6, 6.07) is 0. The molecule has 0 aliphatic carbocycles. The van der Waals surface area contributed by atoms with E-state index in [1.807, 2.05) is 0 Å². The molecule has 0 N–H and O–H groups in total. The van der Waals surface area contributed by atoms with Gasteiger partial charge in [-0.25, -0.2) is 13.2 Å². The highest BCUT2D eigenvalue weighted by Gasteiger charge is 2.59. The van der Waals surface area contributed by atoms with E-state index in [0.717, 1.165) is 0 Å². The lowest BCUT2D eigenvalue weighted by Gasteiger charge is -2.23. The van der Waals surface area contributed by atoms with Gasteiger partial charge in [0.15, 0.2) is 5.67 Å². The van der Waals surface area contributed by atoms with Crippen molar-refractivity contribution in [3.05, 3.63) is 12.7 Å². The van der Waals surface area contributed by atoms with E-state index in [4.69, 9.17) is 0 Å². The van der Waals surface area contributed by atoms with Crippen molar-refractivity contribution >= 4 is 0 Å². The Kier molecular flexibility index (Phi) is 2.21. The molecular weight excluding hydrogens is 167 g/mol. The molecule has 1 heterocycles.